The summed E-state index contributed by atoms with van der Waals surface area (Å²) in [7, 11) is 0. The van der Waals surface area contributed by atoms with Crippen LogP contribution in [0.3, 0.4) is 0 Å². The quantitative estimate of drug-likeness (QED) is 0.769. The van der Waals surface area contributed by atoms with E-state index in [1.165, 1.54) is 5.56 Å². The molecule has 0 fully saturated rings. The van der Waals surface area contributed by atoms with Crippen molar-refractivity contribution in [3.63, 3.8) is 0 Å². The summed E-state index contributed by atoms with van der Waals surface area (Å²) in [5.74, 6) is 1.46. The van der Waals surface area contributed by atoms with Crippen molar-refractivity contribution in [1.82, 2.24) is 0 Å². The lowest BCUT2D eigenvalue weighted by atomic mass is 10.1. The maximum atomic E-state index is 5.62. The second-order valence-corrected chi connectivity index (χ2v) is 5.73. The molecule has 0 atom stereocenters. The standard InChI is InChI=1S/C13H17NO2S/c1-10-4-6-11(7-5-10)15-9-17-12-8-13(2,3)16-14-12/h4-7H,8-9H2,1-3H3. The predicted molar refractivity (Wildman–Crippen MR) is 71.5 cm³/mol. The fourth-order valence-corrected chi connectivity index (χ4v) is 2.35. The van der Waals surface area contributed by atoms with Gasteiger partial charge in [-0.2, -0.15) is 0 Å². The van der Waals surface area contributed by atoms with E-state index in [9.17, 15) is 0 Å². The Morgan fingerprint density at radius 1 is 1.35 bits per heavy atom. The van der Waals surface area contributed by atoms with E-state index in [-0.39, 0.29) is 5.60 Å². The van der Waals surface area contributed by atoms with Gasteiger partial charge in [0.05, 0.1) is 0 Å². The molecule has 0 N–H and O–H groups in total. The van der Waals surface area contributed by atoms with Crippen LogP contribution in [-0.2, 0) is 4.84 Å². The van der Waals surface area contributed by atoms with Crippen molar-refractivity contribution in [3.8, 4) is 5.75 Å². The molecule has 1 aromatic carbocycles. The van der Waals surface area contributed by atoms with Crippen LogP contribution >= 0.6 is 11.8 Å². The highest BCUT2D eigenvalue weighted by Crippen LogP contribution is 2.27. The summed E-state index contributed by atoms with van der Waals surface area (Å²) in [6.07, 6.45) is 0.856. The first-order chi connectivity index (χ1) is 8.05. The summed E-state index contributed by atoms with van der Waals surface area (Å²) in [5, 5.41) is 5.04. The van der Waals surface area contributed by atoms with Gasteiger partial charge in [0.15, 0.2) is 0 Å². The van der Waals surface area contributed by atoms with Gasteiger partial charge in [-0.3, -0.25) is 0 Å². The SMILES string of the molecule is Cc1ccc(OCSC2=NOC(C)(C)C2)cc1. The van der Waals surface area contributed by atoms with Gasteiger partial charge in [-0.05, 0) is 32.9 Å². The molecule has 1 aliphatic heterocycles. The van der Waals surface area contributed by atoms with E-state index < -0.39 is 0 Å². The number of nitrogens with zero attached hydrogens (tertiary/aromatic N) is 1. The van der Waals surface area contributed by atoms with Crippen LogP contribution in [0.15, 0.2) is 29.4 Å². The van der Waals surface area contributed by atoms with Crippen LogP contribution in [-0.4, -0.2) is 16.6 Å². The van der Waals surface area contributed by atoms with Crippen molar-refractivity contribution in [2.45, 2.75) is 32.8 Å². The van der Waals surface area contributed by atoms with Gasteiger partial charge in [0, 0.05) is 6.42 Å². The molecular weight excluding hydrogens is 234 g/mol. The largest absolute Gasteiger partial charge is 0.483 e. The van der Waals surface area contributed by atoms with Gasteiger partial charge in [0.25, 0.3) is 0 Å². The highest BCUT2D eigenvalue weighted by molar-refractivity contribution is 8.13. The molecule has 1 aromatic rings. The molecule has 0 aromatic heterocycles. The first kappa shape index (κ1) is 12.3. The van der Waals surface area contributed by atoms with Crippen LogP contribution in [0.4, 0.5) is 0 Å². The molecule has 1 aliphatic rings. The maximum absolute atomic E-state index is 5.62. The van der Waals surface area contributed by atoms with Crippen LogP contribution in [0, 0.1) is 6.92 Å². The smallest absolute Gasteiger partial charge is 0.139 e. The van der Waals surface area contributed by atoms with E-state index in [0.29, 0.717) is 5.94 Å². The molecule has 17 heavy (non-hydrogen) atoms. The van der Waals surface area contributed by atoms with E-state index in [1.54, 1.807) is 11.8 Å². The summed E-state index contributed by atoms with van der Waals surface area (Å²) < 4.78 is 5.62. The Morgan fingerprint density at radius 2 is 2.06 bits per heavy atom. The topological polar surface area (TPSA) is 30.8 Å². The lowest BCUT2D eigenvalue weighted by molar-refractivity contribution is 0.0123. The molecule has 2 rings (SSSR count). The molecule has 0 radical (unpaired) electrons. The molecule has 4 heteroatoms. The molecule has 1 heterocycles. The van der Waals surface area contributed by atoms with Crippen molar-refractivity contribution in [1.29, 1.82) is 0 Å². The number of hydrogen-bond donors (Lipinski definition) is 0. The van der Waals surface area contributed by atoms with Crippen LogP contribution in [0.2, 0.25) is 0 Å². The van der Waals surface area contributed by atoms with Gasteiger partial charge >= 0.3 is 0 Å². The molecule has 92 valence electrons. The number of rotatable bonds is 3. The molecule has 0 saturated heterocycles. The van der Waals surface area contributed by atoms with Gasteiger partial charge in [-0.1, -0.05) is 34.6 Å². The van der Waals surface area contributed by atoms with Crippen LogP contribution < -0.4 is 4.74 Å². The van der Waals surface area contributed by atoms with Crippen molar-refractivity contribution >= 4 is 16.8 Å². The third kappa shape index (κ3) is 3.66. The zero-order chi connectivity index (χ0) is 12.3. The van der Waals surface area contributed by atoms with Crippen LogP contribution in [0.1, 0.15) is 25.8 Å². The van der Waals surface area contributed by atoms with E-state index >= 15 is 0 Å². The van der Waals surface area contributed by atoms with E-state index in [4.69, 9.17) is 9.57 Å². The zero-order valence-electron chi connectivity index (χ0n) is 10.4. The lowest BCUT2D eigenvalue weighted by Crippen LogP contribution is -2.18. The Bertz CT molecular complexity index is 412. The average molecular weight is 251 g/mol. The van der Waals surface area contributed by atoms with Gasteiger partial charge < -0.3 is 9.57 Å². The molecular formula is C13H17NO2S. The Morgan fingerprint density at radius 3 is 2.65 bits per heavy atom. The van der Waals surface area contributed by atoms with Crippen molar-refractivity contribution in [3.05, 3.63) is 29.8 Å². The van der Waals surface area contributed by atoms with Crippen LogP contribution in [0.5, 0.6) is 5.75 Å². The Kier molecular flexibility index (Phi) is 3.62. The summed E-state index contributed by atoms with van der Waals surface area (Å²) in [6, 6.07) is 8.04. The van der Waals surface area contributed by atoms with Crippen molar-refractivity contribution < 1.29 is 9.57 Å². The summed E-state index contributed by atoms with van der Waals surface area (Å²) >= 11 is 1.59. The number of ether oxygens (including phenoxy) is 1. The molecule has 3 nitrogen and oxygen atoms in total. The number of aryl methyl sites for hydroxylation is 1. The monoisotopic (exact) mass is 251 g/mol. The molecule has 0 unspecified atom stereocenters. The van der Waals surface area contributed by atoms with E-state index in [1.807, 2.05) is 38.1 Å². The zero-order valence-corrected chi connectivity index (χ0v) is 11.2. The molecule has 0 aliphatic carbocycles. The minimum absolute atomic E-state index is 0.161. The van der Waals surface area contributed by atoms with Gasteiger partial charge in [0.2, 0.25) is 0 Å². The van der Waals surface area contributed by atoms with Gasteiger partial charge in [-0.25, -0.2) is 0 Å². The normalized spacial score (nSPS) is 17.5. The first-order valence-corrected chi connectivity index (χ1v) is 6.61. The second-order valence-electron chi connectivity index (χ2n) is 4.73. The number of benzene rings is 1. The summed E-state index contributed by atoms with van der Waals surface area (Å²) in [4.78, 5) is 5.28. The summed E-state index contributed by atoms with van der Waals surface area (Å²) in [6.45, 7) is 6.13. The Hall–Kier alpha value is -1.16. The maximum Gasteiger partial charge on any atom is 0.139 e. The molecule has 0 bridgehead atoms. The third-order valence-corrected chi connectivity index (χ3v) is 3.23. The number of thioether (sulfide) groups is 1. The number of hydrogen-bond acceptors (Lipinski definition) is 4. The van der Waals surface area contributed by atoms with Crippen molar-refractivity contribution in [2.24, 2.45) is 5.16 Å². The van der Waals surface area contributed by atoms with Crippen molar-refractivity contribution in [2.75, 3.05) is 5.94 Å². The summed E-state index contributed by atoms with van der Waals surface area (Å²) in [5.41, 5.74) is 1.08. The number of oxime groups is 1. The fraction of sp³-hybridized carbons (Fsp3) is 0.462. The van der Waals surface area contributed by atoms with Gasteiger partial charge in [-0.15, -0.1) is 0 Å². The minimum Gasteiger partial charge on any atom is -0.483 e. The third-order valence-electron chi connectivity index (χ3n) is 2.44. The van der Waals surface area contributed by atoms with Crippen LogP contribution in [0.25, 0.3) is 0 Å². The van der Waals surface area contributed by atoms with Gasteiger partial charge in [0.1, 0.15) is 22.3 Å². The lowest BCUT2D eigenvalue weighted by Gasteiger charge is -2.13. The molecule has 0 amide bonds. The second kappa shape index (κ2) is 5.00. The Balaban J connectivity index is 1.75. The first-order valence-electron chi connectivity index (χ1n) is 5.62. The highest BCUT2D eigenvalue weighted by atomic mass is 32.2. The minimum atomic E-state index is -0.161. The average Bonchev–Trinajstić information content (AvgIpc) is 2.61. The van der Waals surface area contributed by atoms with E-state index in [2.05, 4.69) is 12.1 Å². The molecule has 0 spiro atoms. The Labute approximate surface area is 106 Å². The molecule has 0 saturated carbocycles. The fourth-order valence-electron chi connectivity index (χ4n) is 1.48. The predicted octanol–water partition coefficient (Wildman–Crippen LogP) is 3.58. The van der Waals surface area contributed by atoms with E-state index in [0.717, 1.165) is 17.2 Å². The highest BCUT2D eigenvalue weighted by Gasteiger charge is 2.28.